The lowest BCUT2D eigenvalue weighted by Crippen LogP contribution is -2.47. The molecule has 0 saturated carbocycles. The molecule has 19 heavy (non-hydrogen) atoms. The maximum atomic E-state index is 11.9. The van der Waals surface area contributed by atoms with Gasteiger partial charge in [0.15, 0.2) is 5.43 Å². The molecule has 0 aliphatic heterocycles. The first-order valence-corrected chi connectivity index (χ1v) is 6.06. The minimum absolute atomic E-state index is 0.0475. The first kappa shape index (κ1) is 15.4. The first-order chi connectivity index (χ1) is 8.71. The van der Waals surface area contributed by atoms with Crippen LogP contribution >= 0.6 is 0 Å². The van der Waals surface area contributed by atoms with E-state index in [1.165, 1.54) is 12.3 Å². The molecule has 0 bridgehead atoms. The maximum Gasteiger partial charge on any atom is 0.256 e. The predicted molar refractivity (Wildman–Crippen MR) is 73.3 cm³/mol. The van der Waals surface area contributed by atoms with Gasteiger partial charge in [0.2, 0.25) is 0 Å². The molecule has 3 N–H and O–H groups in total. The number of nitrogens with one attached hydrogen (secondary N) is 2. The van der Waals surface area contributed by atoms with Crippen LogP contribution < -0.4 is 10.7 Å². The van der Waals surface area contributed by atoms with Gasteiger partial charge >= 0.3 is 0 Å². The summed E-state index contributed by atoms with van der Waals surface area (Å²) in [5.74, 6) is -0.486. The number of aromatic nitrogens is 1. The lowest BCUT2D eigenvalue weighted by Gasteiger charge is -2.27. The molecule has 0 spiro atoms. The van der Waals surface area contributed by atoms with Gasteiger partial charge in [-0.25, -0.2) is 0 Å². The number of carbonyl (C=O) groups is 1. The van der Waals surface area contributed by atoms with E-state index in [0.717, 1.165) is 0 Å². The van der Waals surface area contributed by atoms with Crippen LogP contribution in [0.15, 0.2) is 17.1 Å². The summed E-state index contributed by atoms with van der Waals surface area (Å²) in [6.07, 6.45) is 1.38. The second-order valence-corrected chi connectivity index (χ2v) is 5.31. The Morgan fingerprint density at radius 3 is 2.68 bits per heavy atom. The number of pyridine rings is 1. The number of hydrogen-bond acceptors (Lipinski definition) is 4. The van der Waals surface area contributed by atoms with Crippen molar-refractivity contribution in [3.8, 4) is 0 Å². The van der Waals surface area contributed by atoms with Crippen molar-refractivity contribution >= 4 is 5.91 Å². The summed E-state index contributed by atoms with van der Waals surface area (Å²) >= 11 is 0. The molecule has 1 heterocycles. The van der Waals surface area contributed by atoms with Gasteiger partial charge in [0.25, 0.3) is 5.91 Å². The summed E-state index contributed by atoms with van der Waals surface area (Å²) in [6.45, 7) is 3.87. The summed E-state index contributed by atoms with van der Waals surface area (Å²) in [5.41, 5.74) is -0.634. The van der Waals surface area contributed by atoms with E-state index in [4.69, 9.17) is 0 Å². The van der Waals surface area contributed by atoms with E-state index in [0.29, 0.717) is 12.2 Å². The number of aryl methyl sites for hydroxylation is 1. The van der Waals surface area contributed by atoms with Gasteiger partial charge in [-0.1, -0.05) is 0 Å². The Hall–Kier alpha value is -1.66. The van der Waals surface area contributed by atoms with Crippen molar-refractivity contribution in [2.45, 2.75) is 19.4 Å². The topological polar surface area (TPSA) is 85.4 Å². The van der Waals surface area contributed by atoms with Crippen LogP contribution in [0.4, 0.5) is 0 Å². The Kier molecular flexibility index (Phi) is 4.85. The Labute approximate surface area is 112 Å². The molecule has 1 atom stereocenters. The number of likely N-dealkylation sites (N-methyl/N-ethyl adjacent to an activating group) is 1. The van der Waals surface area contributed by atoms with Crippen molar-refractivity contribution in [2.75, 3.05) is 27.2 Å². The number of nitrogens with zero attached hydrogens (tertiary/aromatic N) is 1. The monoisotopic (exact) mass is 267 g/mol. The molecule has 1 aromatic heterocycles. The zero-order chi connectivity index (χ0) is 14.6. The van der Waals surface area contributed by atoms with Crippen molar-refractivity contribution in [3.05, 3.63) is 33.7 Å². The minimum Gasteiger partial charge on any atom is -0.387 e. The molecule has 1 rings (SSSR count). The number of amides is 1. The van der Waals surface area contributed by atoms with Crippen LogP contribution in [-0.4, -0.2) is 53.7 Å². The van der Waals surface area contributed by atoms with E-state index in [1.54, 1.807) is 13.8 Å². The largest absolute Gasteiger partial charge is 0.387 e. The maximum absolute atomic E-state index is 11.9. The lowest BCUT2D eigenvalue weighted by molar-refractivity contribution is 0.0325. The van der Waals surface area contributed by atoms with Crippen molar-refractivity contribution in [1.82, 2.24) is 15.2 Å². The third-order valence-corrected chi connectivity index (χ3v) is 2.59. The van der Waals surface area contributed by atoms with Gasteiger partial charge in [-0.2, -0.15) is 0 Å². The quantitative estimate of drug-likeness (QED) is 0.685. The highest BCUT2D eigenvalue weighted by Crippen LogP contribution is 2.03. The SMILES string of the molecule is Cc1cc(=O)c(C(=O)NCC(C)(O)CN(C)C)c[nH]1. The number of rotatable bonds is 5. The third-order valence-electron chi connectivity index (χ3n) is 2.59. The van der Waals surface area contributed by atoms with Gasteiger partial charge in [-0.3, -0.25) is 9.59 Å². The minimum atomic E-state index is -1.05. The lowest BCUT2D eigenvalue weighted by atomic mass is 10.1. The zero-order valence-corrected chi connectivity index (χ0v) is 11.8. The molecule has 1 amide bonds. The highest BCUT2D eigenvalue weighted by Gasteiger charge is 2.22. The summed E-state index contributed by atoms with van der Waals surface area (Å²) in [5, 5.41) is 12.6. The van der Waals surface area contributed by atoms with Crippen LogP contribution in [-0.2, 0) is 0 Å². The van der Waals surface area contributed by atoms with Crippen LogP contribution in [0.2, 0.25) is 0 Å². The van der Waals surface area contributed by atoms with Gasteiger partial charge in [0, 0.05) is 31.0 Å². The second-order valence-electron chi connectivity index (χ2n) is 5.31. The number of hydrogen-bond donors (Lipinski definition) is 3. The van der Waals surface area contributed by atoms with Crippen molar-refractivity contribution in [3.63, 3.8) is 0 Å². The Morgan fingerprint density at radius 1 is 1.53 bits per heavy atom. The molecular formula is C13H21N3O3. The number of aromatic amines is 1. The van der Waals surface area contributed by atoms with Crippen molar-refractivity contribution in [2.24, 2.45) is 0 Å². The Balaban J connectivity index is 2.68. The molecule has 0 aromatic carbocycles. The molecular weight excluding hydrogens is 246 g/mol. The van der Waals surface area contributed by atoms with Crippen molar-refractivity contribution in [1.29, 1.82) is 0 Å². The molecule has 0 saturated heterocycles. The Bertz CT molecular complexity index is 506. The summed E-state index contributed by atoms with van der Waals surface area (Å²) < 4.78 is 0. The number of aliphatic hydroxyl groups is 1. The van der Waals surface area contributed by atoms with E-state index >= 15 is 0 Å². The molecule has 0 aliphatic carbocycles. The first-order valence-electron chi connectivity index (χ1n) is 6.06. The summed E-state index contributed by atoms with van der Waals surface area (Å²) in [7, 11) is 3.67. The molecule has 0 aliphatic rings. The average molecular weight is 267 g/mol. The van der Waals surface area contributed by atoms with E-state index < -0.39 is 11.5 Å². The fourth-order valence-corrected chi connectivity index (χ4v) is 1.85. The third kappa shape index (κ3) is 4.84. The van der Waals surface area contributed by atoms with Crippen LogP contribution in [0.25, 0.3) is 0 Å². The summed E-state index contributed by atoms with van der Waals surface area (Å²) in [4.78, 5) is 28.1. The smallest absolute Gasteiger partial charge is 0.256 e. The number of carbonyl (C=O) groups excluding carboxylic acids is 1. The fourth-order valence-electron chi connectivity index (χ4n) is 1.85. The van der Waals surface area contributed by atoms with E-state index in [-0.39, 0.29) is 17.5 Å². The van der Waals surface area contributed by atoms with Gasteiger partial charge < -0.3 is 20.3 Å². The van der Waals surface area contributed by atoms with Crippen LogP contribution in [0.5, 0.6) is 0 Å². The van der Waals surface area contributed by atoms with Gasteiger partial charge in [0.1, 0.15) is 5.56 Å². The zero-order valence-electron chi connectivity index (χ0n) is 11.8. The highest BCUT2D eigenvalue weighted by atomic mass is 16.3. The van der Waals surface area contributed by atoms with Crippen LogP contribution in [0.3, 0.4) is 0 Å². The Morgan fingerprint density at radius 2 is 2.16 bits per heavy atom. The predicted octanol–water partition coefficient (Wildman–Crippen LogP) is -0.274. The van der Waals surface area contributed by atoms with Gasteiger partial charge in [-0.15, -0.1) is 0 Å². The standard InChI is InChI=1S/C13H21N3O3/c1-9-5-11(17)10(6-14-9)12(18)15-7-13(2,19)8-16(3)4/h5-6,19H,7-8H2,1-4H3,(H,14,17)(H,15,18). The van der Waals surface area contributed by atoms with Crippen molar-refractivity contribution < 1.29 is 9.90 Å². The molecule has 0 fully saturated rings. The molecule has 6 nitrogen and oxygen atoms in total. The molecule has 0 radical (unpaired) electrons. The average Bonchev–Trinajstić information content (AvgIpc) is 2.24. The van der Waals surface area contributed by atoms with Crippen LogP contribution in [0.1, 0.15) is 23.0 Å². The van der Waals surface area contributed by atoms with Crippen LogP contribution in [0, 0.1) is 6.92 Å². The molecule has 1 aromatic rings. The summed E-state index contributed by atoms with van der Waals surface area (Å²) in [6, 6.07) is 1.37. The molecule has 6 heteroatoms. The van der Waals surface area contributed by atoms with E-state index in [9.17, 15) is 14.7 Å². The highest BCUT2D eigenvalue weighted by molar-refractivity contribution is 5.93. The second kappa shape index (κ2) is 5.99. The fraction of sp³-hybridized carbons (Fsp3) is 0.538. The number of H-pyrrole nitrogens is 1. The van der Waals surface area contributed by atoms with Gasteiger partial charge in [0.05, 0.1) is 5.60 Å². The normalized spacial score (nSPS) is 14.2. The van der Waals surface area contributed by atoms with Gasteiger partial charge in [-0.05, 0) is 27.9 Å². The van der Waals surface area contributed by atoms with E-state index in [1.807, 2.05) is 19.0 Å². The molecule has 1 unspecified atom stereocenters. The van der Waals surface area contributed by atoms with E-state index in [2.05, 4.69) is 10.3 Å². The molecule has 106 valence electrons.